The van der Waals surface area contributed by atoms with Crippen LogP contribution in [0.3, 0.4) is 0 Å². The molecule has 3 rings (SSSR count). The third kappa shape index (κ3) is 2.67. The number of benzene rings is 2. The Bertz CT molecular complexity index is 650. The van der Waals surface area contributed by atoms with Crippen molar-refractivity contribution in [3.05, 3.63) is 57.5 Å². The van der Waals surface area contributed by atoms with Gasteiger partial charge in [-0.25, -0.2) is 0 Å². The summed E-state index contributed by atoms with van der Waals surface area (Å²) in [5.41, 5.74) is 2.89. The molecule has 0 saturated heterocycles. The molecular formula is C15H12BrClN2O. The first-order valence-corrected chi connectivity index (χ1v) is 7.41. The summed E-state index contributed by atoms with van der Waals surface area (Å²) in [6.07, 6.45) is 0.701. The van der Waals surface area contributed by atoms with E-state index in [9.17, 15) is 4.79 Å². The molecular weight excluding hydrogens is 340 g/mol. The van der Waals surface area contributed by atoms with Crippen molar-refractivity contribution in [1.29, 1.82) is 0 Å². The minimum absolute atomic E-state index is 0.0559. The highest BCUT2D eigenvalue weighted by atomic mass is 79.9. The van der Waals surface area contributed by atoms with E-state index in [0.717, 1.165) is 10.2 Å². The van der Waals surface area contributed by atoms with Crippen molar-refractivity contribution >= 4 is 44.8 Å². The quantitative estimate of drug-likeness (QED) is 0.856. The van der Waals surface area contributed by atoms with Crippen LogP contribution in [-0.4, -0.2) is 11.9 Å². The summed E-state index contributed by atoms with van der Waals surface area (Å²) >= 11 is 9.34. The maximum absolute atomic E-state index is 12.3. The van der Waals surface area contributed by atoms with Crippen molar-refractivity contribution in [1.82, 2.24) is 0 Å². The highest BCUT2D eigenvalue weighted by molar-refractivity contribution is 9.10. The van der Waals surface area contributed by atoms with Crippen molar-refractivity contribution in [3.63, 3.8) is 0 Å². The lowest BCUT2D eigenvalue weighted by Crippen LogP contribution is -2.32. The molecule has 20 heavy (non-hydrogen) atoms. The van der Waals surface area contributed by atoms with Gasteiger partial charge in [-0.05, 0) is 45.8 Å². The molecule has 1 aliphatic heterocycles. The zero-order valence-corrected chi connectivity index (χ0v) is 12.8. The van der Waals surface area contributed by atoms with E-state index in [4.69, 9.17) is 11.6 Å². The molecule has 1 amide bonds. The monoisotopic (exact) mass is 350 g/mol. The fourth-order valence-electron chi connectivity index (χ4n) is 2.26. The largest absolute Gasteiger partial charge is 0.373 e. The molecule has 0 aliphatic carbocycles. The van der Waals surface area contributed by atoms with E-state index in [1.165, 1.54) is 5.56 Å². The molecule has 0 fully saturated rings. The highest BCUT2D eigenvalue weighted by Gasteiger charge is 2.26. The molecule has 1 aliphatic rings. The molecule has 2 N–H and O–H groups in total. The van der Waals surface area contributed by atoms with Crippen molar-refractivity contribution in [2.45, 2.75) is 12.5 Å². The average molecular weight is 352 g/mol. The van der Waals surface area contributed by atoms with Crippen LogP contribution in [0.2, 0.25) is 5.02 Å². The van der Waals surface area contributed by atoms with Crippen molar-refractivity contribution in [2.75, 3.05) is 10.6 Å². The van der Waals surface area contributed by atoms with Crippen LogP contribution in [0.15, 0.2) is 46.9 Å². The summed E-state index contributed by atoms with van der Waals surface area (Å²) in [7, 11) is 0. The summed E-state index contributed by atoms with van der Waals surface area (Å²) in [5.74, 6) is -0.0559. The number of amides is 1. The molecule has 1 heterocycles. The second-order valence-electron chi connectivity index (χ2n) is 4.68. The average Bonchev–Trinajstić information content (AvgIpc) is 2.87. The molecule has 0 aromatic heterocycles. The Labute approximate surface area is 130 Å². The minimum Gasteiger partial charge on any atom is -0.373 e. The van der Waals surface area contributed by atoms with Gasteiger partial charge < -0.3 is 10.6 Å². The predicted molar refractivity (Wildman–Crippen MR) is 85.3 cm³/mol. The second kappa shape index (κ2) is 5.46. The molecule has 1 atom stereocenters. The number of carbonyl (C=O) groups is 1. The number of carbonyl (C=O) groups excluding carboxylic acids is 1. The fourth-order valence-corrected chi connectivity index (χ4v) is 2.69. The molecule has 0 bridgehead atoms. The van der Waals surface area contributed by atoms with Gasteiger partial charge in [0.2, 0.25) is 5.91 Å². The van der Waals surface area contributed by atoms with Crippen LogP contribution in [0.5, 0.6) is 0 Å². The van der Waals surface area contributed by atoms with E-state index in [1.54, 1.807) is 6.07 Å². The number of anilines is 2. The molecule has 2 aromatic rings. The number of hydrogen-bond donors (Lipinski definition) is 2. The van der Waals surface area contributed by atoms with Crippen LogP contribution < -0.4 is 10.6 Å². The van der Waals surface area contributed by atoms with Gasteiger partial charge in [0.05, 0.1) is 5.02 Å². The summed E-state index contributed by atoms with van der Waals surface area (Å²) in [6.45, 7) is 0. The molecule has 0 saturated carbocycles. The minimum atomic E-state index is -0.241. The van der Waals surface area contributed by atoms with E-state index in [-0.39, 0.29) is 11.9 Å². The van der Waals surface area contributed by atoms with Crippen LogP contribution in [0, 0.1) is 0 Å². The van der Waals surface area contributed by atoms with Crippen molar-refractivity contribution in [2.24, 2.45) is 0 Å². The van der Waals surface area contributed by atoms with Crippen LogP contribution in [-0.2, 0) is 11.2 Å². The topological polar surface area (TPSA) is 41.1 Å². The lowest BCUT2D eigenvalue weighted by atomic mass is 10.1. The molecule has 0 unspecified atom stereocenters. The maximum Gasteiger partial charge on any atom is 0.247 e. The van der Waals surface area contributed by atoms with Crippen LogP contribution >= 0.6 is 27.5 Å². The lowest BCUT2D eigenvalue weighted by molar-refractivity contribution is -0.116. The molecule has 0 spiro atoms. The standard InChI is InChI=1S/C15H12BrClN2O/c16-11-6-5-10(8-12(11)17)18-15(20)14-7-9-3-1-2-4-13(9)19-14/h1-6,8,14,19H,7H2,(H,18,20)/t14-/m0/s1. The molecule has 2 aromatic carbocycles. The van der Waals surface area contributed by atoms with Gasteiger partial charge in [0.15, 0.2) is 0 Å². The Morgan fingerprint density at radius 3 is 2.85 bits per heavy atom. The summed E-state index contributed by atoms with van der Waals surface area (Å²) < 4.78 is 0.809. The van der Waals surface area contributed by atoms with E-state index in [0.29, 0.717) is 17.1 Å². The number of rotatable bonds is 2. The number of fused-ring (bicyclic) bond motifs is 1. The molecule has 0 radical (unpaired) electrons. The third-order valence-electron chi connectivity index (χ3n) is 3.27. The van der Waals surface area contributed by atoms with Gasteiger partial charge in [-0.1, -0.05) is 29.8 Å². The maximum atomic E-state index is 12.3. The highest BCUT2D eigenvalue weighted by Crippen LogP contribution is 2.28. The normalized spacial score (nSPS) is 16.4. The van der Waals surface area contributed by atoms with Crippen molar-refractivity contribution < 1.29 is 4.79 Å². The number of para-hydroxylation sites is 1. The van der Waals surface area contributed by atoms with Crippen LogP contribution in [0.4, 0.5) is 11.4 Å². The second-order valence-corrected chi connectivity index (χ2v) is 5.94. The first-order valence-electron chi connectivity index (χ1n) is 6.24. The van der Waals surface area contributed by atoms with Gasteiger partial charge in [0, 0.05) is 22.3 Å². The van der Waals surface area contributed by atoms with E-state index in [1.807, 2.05) is 36.4 Å². The zero-order chi connectivity index (χ0) is 14.1. The van der Waals surface area contributed by atoms with E-state index < -0.39 is 0 Å². The van der Waals surface area contributed by atoms with Gasteiger partial charge in [-0.2, -0.15) is 0 Å². The van der Waals surface area contributed by atoms with Gasteiger partial charge in [0.25, 0.3) is 0 Å². The SMILES string of the molecule is O=C(Nc1ccc(Br)c(Cl)c1)[C@@H]1Cc2ccccc2N1. The predicted octanol–water partition coefficient (Wildman–Crippen LogP) is 4.08. The zero-order valence-electron chi connectivity index (χ0n) is 10.5. The van der Waals surface area contributed by atoms with Crippen LogP contribution in [0.25, 0.3) is 0 Å². The lowest BCUT2D eigenvalue weighted by Gasteiger charge is -2.12. The summed E-state index contributed by atoms with van der Waals surface area (Å²) in [4.78, 5) is 12.3. The molecule has 3 nitrogen and oxygen atoms in total. The summed E-state index contributed by atoms with van der Waals surface area (Å²) in [6, 6.07) is 13.1. The Balaban J connectivity index is 1.71. The van der Waals surface area contributed by atoms with Gasteiger partial charge >= 0.3 is 0 Å². The third-order valence-corrected chi connectivity index (χ3v) is 4.51. The van der Waals surface area contributed by atoms with E-state index in [2.05, 4.69) is 26.6 Å². The Hall–Kier alpha value is -1.52. The van der Waals surface area contributed by atoms with E-state index >= 15 is 0 Å². The summed E-state index contributed by atoms with van der Waals surface area (Å²) in [5, 5.41) is 6.68. The smallest absolute Gasteiger partial charge is 0.247 e. The first-order chi connectivity index (χ1) is 9.63. The molecule has 5 heteroatoms. The number of hydrogen-bond acceptors (Lipinski definition) is 2. The first kappa shape index (κ1) is 13.5. The molecule has 102 valence electrons. The Kier molecular flexibility index (Phi) is 3.68. The number of nitrogens with one attached hydrogen (secondary N) is 2. The Morgan fingerprint density at radius 2 is 2.10 bits per heavy atom. The van der Waals surface area contributed by atoms with Crippen molar-refractivity contribution in [3.8, 4) is 0 Å². The van der Waals surface area contributed by atoms with Gasteiger partial charge in [-0.15, -0.1) is 0 Å². The van der Waals surface area contributed by atoms with Crippen LogP contribution in [0.1, 0.15) is 5.56 Å². The van der Waals surface area contributed by atoms with Gasteiger partial charge in [0.1, 0.15) is 6.04 Å². The number of halogens is 2. The fraction of sp³-hybridized carbons (Fsp3) is 0.133. The Morgan fingerprint density at radius 1 is 1.30 bits per heavy atom. The van der Waals surface area contributed by atoms with Gasteiger partial charge in [-0.3, -0.25) is 4.79 Å².